The molecule has 0 heterocycles. The topological polar surface area (TPSA) is 20.2 Å². The Morgan fingerprint density at radius 2 is 1.92 bits per heavy atom. The van der Waals surface area contributed by atoms with Crippen molar-refractivity contribution in [1.29, 1.82) is 0 Å². The summed E-state index contributed by atoms with van der Waals surface area (Å²) < 4.78 is 0. The fourth-order valence-electron chi connectivity index (χ4n) is 7.59. The van der Waals surface area contributed by atoms with Crippen molar-refractivity contribution >= 4 is 0 Å². The molecule has 0 saturated heterocycles. The van der Waals surface area contributed by atoms with Gasteiger partial charge in [-0.3, -0.25) is 0 Å². The molecule has 24 heavy (non-hydrogen) atoms. The Kier molecular flexibility index (Phi) is 4.03. The van der Waals surface area contributed by atoms with Crippen molar-refractivity contribution in [3.05, 3.63) is 23.3 Å². The summed E-state index contributed by atoms with van der Waals surface area (Å²) in [5, 5.41) is 10.1. The number of aliphatic hydroxyl groups excluding tert-OH is 1. The molecule has 0 aromatic carbocycles. The minimum absolute atomic E-state index is 0.0806. The van der Waals surface area contributed by atoms with Crippen LogP contribution in [0.4, 0.5) is 0 Å². The van der Waals surface area contributed by atoms with Crippen molar-refractivity contribution in [1.82, 2.24) is 0 Å². The van der Waals surface area contributed by atoms with Crippen molar-refractivity contribution in [3.8, 4) is 0 Å². The lowest BCUT2D eigenvalue weighted by Crippen LogP contribution is -2.50. The molecule has 0 bridgehead atoms. The van der Waals surface area contributed by atoms with Crippen LogP contribution in [0.15, 0.2) is 23.3 Å². The van der Waals surface area contributed by atoms with Crippen LogP contribution in [0.25, 0.3) is 0 Å². The Hall–Kier alpha value is -0.560. The van der Waals surface area contributed by atoms with Crippen LogP contribution in [0.2, 0.25) is 0 Å². The Labute approximate surface area is 148 Å². The van der Waals surface area contributed by atoms with Crippen LogP contribution in [0.3, 0.4) is 0 Å². The highest BCUT2D eigenvalue weighted by atomic mass is 16.3. The molecule has 0 spiro atoms. The van der Waals surface area contributed by atoms with Crippen LogP contribution in [0.1, 0.15) is 79.1 Å². The smallest absolute Gasteiger partial charge is 0.0577 e. The predicted octanol–water partition coefficient (Wildman–Crippen LogP) is 5.89. The molecular formula is C23H36O. The summed E-state index contributed by atoms with van der Waals surface area (Å²) in [6.45, 7) is 9.74. The lowest BCUT2D eigenvalue weighted by molar-refractivity contribution is -0.0454. The minimum atomic E-state index is -0.0806. The molecule has 4 aliphatic rings. The molecule has 0 aromatic heterocycles. The number of aliphatic hydroxyl groups is 1. The van der Waals surface area contributed by atoms with Gasteiger partial charge in [-0.2, -0.15) is 0 Å². The molecule has 1 N–H and O–H groups in total. The van der Waals surface area contributed by atoms with Crippen LogP contribution < -0.4 is 0 Å². The van der Waals surface area contributed by atoms with Crippen LogP contribution >= 0.6 is 0 Å². The van der Waals surface area contributed by atoms with Gasteiger partial charge in [0.25, 0.3) is 0 Å². The molecule has 0 amide bonds. The van der Waals surface area contributed by atoms with Crippen LogP contribution in [-0.4, -0.2) is 11.2 Å². The third-order valence-electron chi connectivity index (χ3n) is 9.08. The number of allylic oxidation sites excluding steroid dienone is 3. The second-order valence-electron chi connectivity index (χ2n) is 9.86. The highest BCUT2D eigenvalue weighted by Crippen LogP contribution is 2.67. The van der Waals surface area contributed by atoms with Gasteiger partial charge in [0.15, 0.2) is 0 Å². The number of hydrogen-bond donors (Lipinski definition) is 1. The third kappa shape index (κ3) is 2.23. The zero-order chi connectivity index (χ0) is 17.1. The van der Waals surface area contributed by atoms with Gasteiger partial charge in [0.1, 0.15) is 0 Å². The normalized spacial score (nSPS) is 51.5. The standard InChI is InChI=1S/C23H36O/c1-5-15(2)19-8-9-20-18-7-6-16-14-17(24)10-12-22(16,3)21(18)11-13-23(19,20)4/h5-6,17-21,24H,7-14H2,1-4H3/b15-5-/t17-,18?,19+,20?,21?,22-,23+/m0/s1. The van der Waals surface area contributed by atoms with Gasteiger partial charge in [0, 0.05) is 0 Å². The van der Waals surface area contributed by atoms with E-state index < -0.39 is 0 Å². The molecule has 3 unspecified atom stereocenters. The first-order valence-electron chi connectivity index (χ1n) is 10.4. The van der Waals surface area contributed by atoms with E-state index in [-0.39, 0.29) is 6.10 Å². The van der Waals surface area contributed by atoms with Gasteiger partial charge in [-0.25, -0.2) is 0 Å². The zero-order valence-electron chi connectivity index (χ0n) is 16.1. The Balaban J connectivity index is 1.65. The SMILES string of the molecule is C/C=C(/C)[C@H]1CCC2C3CC=C4C[C@@H](O)CC[C@]4(C)C3CC[C@@]21C. The van der Waals surface area contributed by atoms with Gasteiger partial charge >= 0.3 is 0 Å². The van der Waals surface area contributed by atoms with Gasteiger partial charge in [0.2, 0.25) is 0 Å². The Morgan fingerprint density at radius 1 is 1.12 bits per heavy atom. The maximum Gasteiger partial charge on any atom is 0.0577 e. The van der Waals surface area contributed by atoms with E-state index >= 15 is 0 Å². The average molecular weight is 329 g/mol. The van der Waals surface area contributed by atoms with Crippen molar-refractivity contribution in [2.75, 3.05) is 0 Å². The minimum Gasteiger partial charge on any atom is -0.393 e. The molecule has 4 rings (SSSR count). The summed E-state index contributed by atoms with van der Waals surface area (Å²) in [6.07, 6.45) is 15.0. The molecular weight excluding hydrogens is 292 g/mol. The molecule has 3 saturated carbocycles. The van der Waals surface area contributed by atoms with Crippen molar-refractivity contribution in [3.63, 3.8) is 0 Å². The highest BCUT2D eigenvalue weighted by molar-refractivity contribution is 5.26. The fraction of sp³-hybridized carbons (Fsp3) is 0.826. The molecule has 4 aliphatic carbocycles. The maximum atomic E-state index is 10.1. The summed E-state index contributed by atoms with van der Waals surface area (Å²) in [4.78, 5) is 0. The summed E-state index contributed by atoms with van der Waals surface area (Å²) in [7, 11) is 0. The molecule has 1 nitrogen and oxygen atoms in total. The summed E-state index contributed by atoms with van der Waals surface area (Å²) in [5.74, 6) is 3.49. The van der Waals surface area contributed by atoms with E-state index in [4.69, 9.17) is 0 Å². The largest absolute Gasteiger partial charge is 0.393 e. The number of rotatable bonds is 1. The zero-order valence-corrected chi connectivity index (χ0v) is 16.1. The van der Waals surface area contributed by atoms with E-state index in [1.54, 1.807) is 11.1 Å². The van der Waals surface area contributed by atoms with Gasteiger partial charge in [0.05, 0.1) is 6.10 Å². The van der Waals surface area contributed by atoms with Crippen molar-refractivity contribution < 1.29 is 5.11 Å². The van der Waals surface area contributed by atoms with E-state index in [0.717, 1.165) is 36.5 Å². The van der Waals surface area contributed by atoms with Crippen molar-refractivity contribution in [2.45, 2.75) is 85.2 Å². The molecule has 0 radical (unpaired) electrons. The highest BCUT2D eigenvalue weighted by Gasteiger charge is 2.58. The van der Waals surface area contributed by atoms with E-state index in [0.29, 0.717) is 10.8 Å². The van der Waals surface area contributed by atoms with Gasteiger partial charge in [-0.15, -0.1) is 0 Å². The maximum absolute atomic E-state index is 10.1. The Morgan fingerprint density at radius 3 is 2.67 bits per heavy atom. The second-order valence-corrected chi connectivity index (χ2v) is 9.86. The molecule has 0 aliphatic heterocycles. The van der Waals surface area contributed by atoms with Crippen molar-refractivity contribution in [2.24, 2.45) is 34.5 Å². The second kappa shape index (κ2) is 5.73. The van der Waals surface area contributed by atoms with Crippen LogP contribution in [-0.2, 0) is 0 Å². The van der Waals surface area contributed by atoms with Crippen LogP contribution in [0.5, 0.6) is 0 Å². The molecule has 7 atom stereocenters. The average Bonchev–Trinajstić information content (AvgIpc) is 2.92. The van der Waals surface area contributed by atoms with Crippen LogP contribution in [0, 0.1) is 34.5 Å². The lowest BCUT2D eigenvalue weighted by atomic mass is 9.47. The summed E-state index contributed by atoms with van der Waals surface area (Å²) in [5.41, 5.74) is 4.16. The fourth-order valence-corrected chi connectivity index (χ4v) is 7.59. The molecule has 134 valence electrons. The molecule has 1 heteroatoms. The van der Waals surface area contributed by atoms with E-state index in [2.05, 4.69) is 39.8 Å². The number of hydrogen-bond acceptors (Lipinski definition) is 1. The first kappa shape index (κ1) is 16.9. The van der Waals surface area contributed by atoms with E-state index in [9.17, 15) is 5.11 Å². The third-order valence-corrected chi connectivity index (χ3v) is 9.08. The molecule has 3 fully saturated rings. The lowest BCUT2D eigenvalue weighted by Gasteiger charge is -2.58. The summed E-state index contributed by atoms with van der Waals surface area (Å²) in [6, 6.07) is 0. The van der Waals surface area contributed by atoms with E-state index in [1.807, 2.05) is 0 Å². The number of fused-ring (bicyclic) bond motifs is 5. The van der Waals surface area contributed by atoms with Gasteiger partial charge in [-0.05, 0) is 99.7 Å². The van der Waals surface area contributed by atoms with Gasteiger partial charge < -0.3 is 5.11 Å². The first-order chi connectivity index (χ1) is 11.4. The predicted molar refractivity (Wildman–Crippen MR) is 101 cm³/mol. The Bertz CT molecular complexity index is 573. The monoisotopic (exact) mass is 328 g/mol. The quantitative estimate of drug-likeness (QED) is 0.595. The molecule has 0 aromatic rings. The van der Waals surface area contributed by atoms with Gasteiger partial charge in [-0.1, -0.05) is 37.1 Å². The van der Waals surface area contributed by atoms with E-state index in [1.165, 1.54) is 38.5 Å². The summed E-state index contributed by atoms with van der Waals surface area (Å²) >= 11 is 0. The first-order valence-corrected chi connectivity index (χ1v) is 10.4.